The second-order valence-corrected chi connectivity index (χ2v) is 8.38. The monoisotopic (exact) mass is 457 g/mol. The van der Waals surface area contributed by atoms with Crippen LogP contribution in [0.3, 0.4) is 0 Å². The fraction of sp³-hybridized carbons (Fsp3) is 0.231. The van der Waals surface area contributed by atoms with Crippen LogP contribution in [0.4, 0.5) is 10.5 Å². The number of urea groups is 1. The van der Waals surface area contributed by atoms with E-state index in [1.165, 1.54) is 4.90 Å². The topological polar surface area (TPSA) is 89.4 Å². The molecule has 2 amide bonds. The van der Waals surface area contributed by atoms with Crippen LogP contribution in [0.1, 0.15) is 29.9 Å². The van der Waals surface area contributed by atoms with Crippen molar-refractivity contribution < 1.29 is 14.3 Å². The van der Waals surface area contributed by atoms with Gasteiger partial charge in [0.25, 0.3) is 0 Å². The number of carbonyl (C=O) groups is 2. The Kier molecular flexibility index (Phi) is 6.32. The molecule has 2 heterocycles. The van der Waals surface area contributed by atoms with Crippen LogP contribution in [0.15, 0.2) is 60.7 Å². The number of hydrogen-bond donors (Lipinski definition) is 1. The molecule has 0 spiro atoms. The van der Waals surface area contributed by atoms with E-state index in [-0.39, 0.29) is 12.1 Å². The number of esters is 1. The summed E-state index contributed by atoms with van der Waals surface area (Å²) in [5.41, 5.74) is 3.94. The molecule has 4 aromatic rings. The molecule has 174 valence electrons. The average Bonchev–Trinajstić information content (AvgIpc) is 3.12. The summed E-state index contributed by atoms with van der Waals surface area (Å²) in [5.74, 6) is -0.126. The molecule has 0 atom stereocenters. The van der Waals surface area contributed by atoms with Gasteiger partial charge in [-0.3, -0.25) is 9.58 Å². The zero-order valence-corrected chi connectivity index (χ0v) is 19.9. The summed E-state index contributed by atoms with van der Waals surface area (Å²) in [7, 11) is 3.49. The first-order valence-corrected chi connectivity index (χ1v) is 11.0. The molecule has 0 aliphatic heterocycles. The number of nitrogens with zero attached hydrogens (tertiary/aromatic N) is 4. The van der Waals surface area contributed by atoms with Crippen LogP contribution < -0.4 is 15.0 Å². The van der Waals surface area contributed by atoms with Gasteiger partial charge in [-0.25, -0.2) is 14.6 Å². The highest BCUT2D eigenvalue weighted by molar-refractivity contribution is 6.05. The van der Waals surface area contributed by atoms with Gasteiger partial charge < -0.3 is 10.1 Å². The molecule has 0 aliphatic rings. The minimum Gasteiger partial charge on any atom is -0.423 e. The quantitative estimate of drug-likeness (QED) is 0.346. The number of aryl methyl sites for hydroxylation is 2. The molecule has 8 heteroatoms. The standard InChI is InChI=1S/C26H27N5O3/c1-16(2)27-26(33)30(4)19-11-13-20(14-12-19)34-25(32)21-15-22(18-9-7-6-8-10-18)28-24-23(21)17(3)29-31(24)5/h6-16H,1-5H3,(H,27,33). The van der Waals surface area contributed by atoms with Crippen molar-refractivity contribution in [2.24, 2.45) is 7.05 Å². The van der Waals surface area contributed by atoms with Crippen LogP contribution in [0.2, 0.25) is 0 Å². The van der Waals surface area contributed by atoms with Gasteiger partial charge in [0.1, 0.15) is 5.75 Å². The van der Waals surface area contributed by atoms with Crippen molar-refractivity contribution in [2.75, 3.05) is 11.9 Å². The zero-order valence-electron chi connectivity index (χ0n) is 19.9. The van der Waals surface area contributed by atoms with Gasteiger partial charge in [-0.2, -0.15) is 5.10 Å². The SMILES string of the molecule is Cc1nn(C)c2nc(-c3ccccc3)cc(C(=O)Oc3ccc(N(C)C(=O)NC(C)C)cc3)c12. The molecule has 0 saturated heterocycles. The Morgan fingerprint density at radius 1 is 1.06 bits per heavy atom. The second kappa shape index (κ2) is 9.35. The van der Waals surface area contributed by atoms with Crippen molar-refractivity contribution in [3.05, 3.63) is 71.9 Å². The number of fused-ring (bicyclic) bond motifs is 1. The Labute approximate surface area is 198 Å². The molecular weight excluding hydrogens is 430 g/mol. The smallest absolute Gasteiger partial charge is 0.344 e. The Morgan fingerprint density at radius 2 is 1.74 bits per heavy atom. The number of nitrogens with one attached hydrogen (secondary N) is 1. The lowest BCUT2D eigenvalue weighted by atomic mass is 10.1. The third-order valence-electron chi connectivity index (χ3n) is 5.41. The van der Waals surface area contributed by atoms with E-state index in [9.17, 15) is 9.59 Å². The van der Waals surface area contributed by atoms with E-state index >= 15 is 0 Å². The van der Waals surface area contributed by atoms with E-state index in [1.54, 1.807) is 49.1 Å². The van der Waals surface area contributed by atoms with Gasteiger partial charge in [-0.05, 0) is 51.1 Å². The Bertz CT molecular complexity index is 1340. The molecule has 0 saturated carbocycles. The number of benzene rings is 2. The molecule has 4 rings (SSSR count). The van der Waals surface area contributed by atoms with Gasteiger partial charge in [-0.15, -0.1) is 0 Å². The van der Waals surface area contributed by atoms with Crippen LogP contribution in [-0.2, 0) is 7.05 Å². The number of anilines is 1. The number of aromatic nitrogens is 3. The van der Waals surface area contributed by atoms with Crippen LogP contribution >= 0.6 is 0 Å². The van der Waals surface area contributed by atoms with Gasteiger partial charge >= 0.3 is 12.0 Å². The summed E-state index contributed by atoms with van der Waals surface area (Å²) in [6, 6.07) is 18.0. The fourth-order valence-corrected chi connectivity index (χ4v) is 3.72. The van der Waals surface area contributed by atoms with Crippen molar-refractivity contribution in [3.63, 3.8) is 0 Å². The molecule has 2 aromatic heterocycles. The second-order valence-electron chi connectivity index (χ2n) is 8.38. The van der Waals surface area contributed by atoms with E-state index in [0.717, 1.165) is 5.56 Å². The number of ether oxygens (including phenoxy) is 1. The largest absolute Gasteiger partial charge is 0.423 e. The normalized spacial score (nSPS) is 11.0. The zero-order chi connectivity index (χ0) is 24.4. The number of hydrogen-bond acceptors (Lipinski definition) is 5. The lowest BCUT2D eigenvalue weighted by Gasteiger charge is -2.20. The fourth-order valence-electron chi connectivity index (χ4n) is 3.72. The molecule has 1 N–H and O–H groups in total. The predicted molar refractivity (Wildman–Crippen MR) is 132 cm³/mol. The highest BCUT2D eigenvalue weighted by atomic mass is 16.5. The number of rotatable bonds is 5. The van der Waals surface area contributed by atoms with E-state index in [4.69, 9.17) is 9.72 Å². The van der Waals surface area contributed by atoms with Crippen molar-refractivity contribution in [1.82, 2.24) is 20.1 Å². The minimum absolute atomic E-state index is 0.0316. The summed E-state index contributed by atoms with van der Waals surface area (Å²) >= 11 is 0. The minimum atomic E-state index is -0.501. The molecule has 0 fully saturated rings. The van der Waals surface area contributed by atoms with E-state index < -0.39 is 5.97 Å². The van der Waals surface area contributed by atoms with E-state index in [0.29, 0.717) is 39.4 Å². The first-order valence-electron chi connectivity index (χ1n) is 11.0. The first-order chi connectivity index (χ1) is 16.2. The lowest BCUT2D eigenvalue weighted by Crippen LogP contribution is -2.40. The summed E-state index contributed by atoms with van der Waals surface area (Å²) in [5, 5.41) is 7.95. The highest BCUT2D eigenvalue weighted by Crippen LogP contribution is 2.28. The maximum absolute atomic E-state index is 13.3. The van der Waals surface area contributed by atoms with E-state index in [1.807, 2.05) is 51.1 Å². The molecule has 0 unspecified atom stereocenters. The van der Waals surface area contributed by atoms with Gasteiger partial charge in [0.05, 0.1) is 22.3 Å². The number of pyridine rings is 1. The van der Waals surface area contributed by atoms with Crippen LogP contribution in [0.5, 0.6) is 5.75 Å². The molecule has 8 nitrogen and oxygen atoms in total. The van der Waals surface area contributed by atoms with Crippen LogP contribution in [-0.4, -0.2) is 39.9 Å². The van der Waals surface area contributed by atoms with Gasteiger partial charge in [-0.1, -0.05) is 30.3 Å². The maximum atomic E-state index is 13.3. The van der Waals surface area contributed by atoms with Crippen LogP contribution in [0, 0.1) is 6.92 Å². The Balaban J connectivity index is 1.64. The lowest BCUT2D eigenvalue weighted by molar-refractivity contribution is 0.0736. The maximum Gasteiger partial charge on any atom is 0.344 e. The molecular formula is C26H27N5O3. The number of amides is 2. The van der Waals surface area contributed by atoms with E-state index in [2.05, 4.69) is 10.4 Å². The molecule has 0 bridgehead atoms. The third kappa shape index (κ3) is 4.61. The molecule has 0 radical (unpaired) electrons. The van der Waals surface area contributed by atoms with Crippen molar-refractivity contribution in [2.45, 2.75) is 26.8 Å². The van der Waals surface area contributed by atoms with Crippen molar-refractivity contribution in [1.29, 1.82) is 0 Å². The summed E-state index contributed by atoms with van der Waals surface area (Å²) < 4.78 is 7.37. The first kappa shape index (κ1) is 23.0. The summed E-state index contributed by atoms with van der Waals surface area (Å²) in [4.78, 5) is 31.7. The molecule has 0 aliphatic carbocycles. The number of carbonyl (C=O) groups excluding carboxylic acids is 2. The third-order valence-corrected chi connectivity index (χ3v) is 5.41. The predicted octanol–water partition coefficient (Wildman–Crippen LogP) is 4.72. The Morgan fingerprint density at radius 3 is 2.38 bits per heavy atom. The molecule has 2 aromatic carbocycles. The van der Waals surface area contributed by atoms with Crippen molar-refractivity contribution in [3.8, 4) is 17.0 Å². The Hall–Kier alpha value is -4.20. The summed E-state index contributed by atoms with van der Waals surface area (Å²) in [6.45, 7) is 5.64. The summed E-state index contributed by atoms with van der Waals surface area (Å²) in [6.07, 6.45) is 0. The van der Waals surface area contributed by atoms with Gasteiger partial charge in [0, 0.05) is 31.4 Å². The average molecular weight is 458 g/mol. The van der Waals surface area contributed by atoms with Gasteiger partial charge in [0.15, 0.2) is 5.65 Å². The van der Waals surface area contributed by atoms with Gasteiger partial charge in [0.2, 0.25) is 0 Å². The van der Waals surface area contributed by atoms with Crippen LogP contribution in [0.25, 0.3) is 22.3 Å². The highest BCUT2D eigenvalue weighted by Gasteiger charge is 2.21. The van der Waals surface area contributed by atoms with Crippen molar-refractivity contribution >= 4 is 28.7 Å². The molecule has 34 heavy (non-hydrogen) atoms.